The van der Waals surface area contributed by atoms with Gasteiger partial charge in [-0.15, -0.1) is 22.7 Å². The van der Waals surface area contributed by atoms with Gasteiger partial charge in [-0.05, 0) is 23.9 Å². The molecule has 0 atom stereocenters. The van der Waals surface area contributed by atoms with Crippen molar-refractivity contribution in [2.75, 3.05) is 7.05 Å². The zero-order valence-electron chi connectivity index (χ0n) is 13.6. The number of carbonyl (C=O) groups excluding carboxylic acids is 1. The first-order valence-corrected chi connectivity index (χ1v) is 9.13. The average molecular weight is 370 g/mol. The summed E-state index contributed by atoms with van der Waals surface area (Å²) in [5, 5.41) is 13.9. The lowest BCUT2D eigenvalue weighted by Gasteiger charge is -2.17. The predicted molar refractivity (Wildman–Crippen MR) is 97.7 cm³/mol. The SMILES string of the molecule is Cc1c(C(=O)N(C)Cc2csc(-c3cccs3)n2)c[nH]c(=O)c1C#N. The number of amides is 1. The van der Waals surface area contributed by atoms with Crippen molar-refractivity contribution in [2.24, 2.45) is 0 Å². The number of hydrogen-bond donors (Lipinski definition) is 1. The number of aromatic amines is 1. The Hall–Kier alpha value is -2.76. The monoisotopic (exact) mass is 370 g/mol. The summed E-state index contributed by atoms with van der Waals surface area (Å²) in [5.74, 6) is -0.268. The molecule has 6 nitrogen and oxygen atoms in total. The van der Waals surface area contributed by atoms with Crippen molar-refractivity contribution >= 4 is 28.6 Å². The largest absolute Gasteiger partial charge is 0.336 e. The highest BCUT2D eigenvalue weighted by molar-refractivity contribution is 7.20. The van der Waals surface area contributed by atoms with Gasteiger partial charge in [-0.25, -0.2) is 4.98 Å². The zero-order chi connectivity index (χ0) is 18.0. The molecule has 8 heteroatoms. The molecule has 0 unspecified atom stereocenters. The predicted octanol–water partition coefficient (Wildman–Crippen LogP) is 3.01. The molecular formula is C17H14N4O2S2. The van der Waals surface area contributed by atoms with Crippen molar-refractivity contribution in [3.05, 3.63) is 61.8 Å². The van der Waals surface area contributed by atoms with Crippen LogP contribution in [0.15, 0.2) is 33.9 Å². The summed E-state index contributed by atoms with van der Waals surface area (Å²) in [6, 6.07) is 5.83. The molecule has 3 aromatic heterocycles. The van der Waals surface area contributed by atoms with E-state index in [4.69, 9.17) is 5.26 Å². The molecule has 0 aliphatic rings. The summed E-state index contributed by atoms with van der Waals surface area (Å²) < 4.78 is 0. The maximum absolute atomic E-state index is 12.7. The summed E-state index contributed by atoms with van der Waals surface area (Å²) in [6.07, 6.45) is 1.36. The molecule has 0 saturated carbocycles. The second-order valence-corrected chi connectivity index (χ2v) is 7.23. The lowest BCUT2D eigenvalue weighted by atomic mass is 10.1. The highest BCUT2D eigenvalue weighted by Gasteiger charge is 2.19. The highest BCUT2D eigenvalue weighted by Crippen LogP contribution is 2.28. The summed E-state index contributed by atoms with van der Waals surface area (Å²) >= 11 is 3.16. The summed E-state index contributed by atoms with van der Waals surface area (Å²) in [7, 11) is 1.67. The van der Waals surface area contributed by atoms with Gasteiger partial charge in [-0.1, -0.05) is 6.07 Å². The Labute approximate surface area is 152 Å². The van der Waals surface area contributed by atoms with Crippen LogP contribution in [0.3, 0.4) is 0 Å². The minimum atomic E-state index is -0.487. The van der Waals surface area contributed by atoms with E-state index in [2.05, 4.69) is 9.97 Å². The number of pyridine rings is 1. The molecule has 1 N–H and O–H groups in total. The lowest BCUT2D eigenvalue weighted by molar-refractivity contribution is 0.0782. The molecule has 0 aliphatic carbocycles. The molecule has 3 heterocycles. The number of nitrogens with one attached hydrogen (secondary N) is 1. The van der Waals surface area contributed by atoms with E-state index < -0.39 is 5.56 Å². The van der Waals surface area contributed by atoms with Crippen LogP contribution in [0.1, 0.15) is 27.2 Å². The minimum absolute atomic E-state index is 0.0344. The van der Waals surface area contributed by atoms with Crippen molar-refractivity contribution in [1.29, 1.82) is 5.26 Å². The smallest absolute Gasteiger partial charge is 0.266 e. The van der Waals surface area contributed by atoms with Crippen LogP contribution < -0.4 is 5.56 Å². The normalized spacial score (nSPS) is 10.4. The first-order valence-electron chi connectivity index (χ1n) is 7.37. The molecule has 126 valence electrons. The van der Waals surface area contributed by atoms with Gasteiger partial charge < -0.3 is 9.88 Å². The molecule has 0 bridgehead atoms. The number of rotatable bonds is 4. The fourth-order valence-electron chi connectivity index (χ4n) is 2.39. The Balaban J connectivity index is 1.80. The Morgan fingerprint density at radius 2 is 2.24 bits per heavy atom. The van der Waals surface area contributed by atoms with Crippen molar-refractivity contribution in [2.45, 2.75) is 13.5 Å². The molecule has 1 amide bonds. The number of nitrogens with zero attached hydrogens (tertiary/aromatic N) is 3. The number of carbonyl (C=O) groups is 1. The van der Waals surface area contributed by atoms with E-state index in [9.17, 15) is 9.59 Å². The van der Waals surface area contributed by atoms with Gasteiger partial charge in [0.25, 0.3) is 11.5 Å². The molecular weight excluding hydrogens is 356 g/mol. The molecule has 0 aliphatic heterocycles. The summed E-state index contributed by atoms with van der Waals surface area (Å²) in [5.41, 5.74) is 0.979. The molecule has 0 fully saturated rings. The third-order valence-corrected chi connectivity index (χ3v) is 5.66. The van der Waals surface area contributed by atoms with E-state index in [1.165, 1.54) is 22.4 Å². The second kappa shape index (κ2) is 7.01. The van der Waals surface area contributed by atoms with Crippen molar-refractivity contribution in [3.8, 4) is 16.0 Å². The van der Waals surface area contributed by atoms with E-state index in [0.29, 0.717) is 17.7 Å². The Bertz CT molecular complexity index is 1010. The summed E-state index contributed by atoms with van der Waals surface area (Å²) in [4.78, 5) is 33.9. The van der Waals surface area contributed by atoms with Gasteiger partial charge in [0, 0.05) is 18.6 Å². The van der Waals surface area contributed by atoms with E-state index in [-0.39, 0.29) is 11.5 Å². The van der Waals surface area contributed by atoms with Gasteiger partial charge in [0.15, 0.2) is 0 Å². The van der Waals surface area contributed by atoms with Crippen LogP contribution in [0.2, 0.25) is 0 Å². The second-order valence-electron chi connectivity index (χ2n) is 5.43. The van der Waals surface area contributed by atoms with Gasteiger partial charge in [0.2, 0.25) is 0 Å². The number of aromatic nitrogens is 2. The number of thiophene rings is 1. The molecule has 0 aromatic carbocycles. The molecule has 3 aromatic rings. The van der Waals surface area contributed by atoms with E-state index in [0.717, 1.165) is 15.6 Å². The van der Waals surface area contributed by atoms with Crippen molar-refractivity contribution in [1.82, 2.24) is 14.9 Å². The van der Waals surface area contributed by atoms with E-state index in [1.54, 1.807) is 25.3 Å². The first-order chi connectivity index (χ1) is 12.0. The summed E-state index contributed by atoms with van der Waals surface area (Å²) in [6.45, 7) is 1.95. The number of H-pyrrole nitrogens is 1. The van der Waals surface area contributed by atoms with Crippen LogP contribution in [0.25, 0.3) is 9.88 Å². The first kappa shape index (κ1) is 17.1. The third-order valence-electron chi connectivity index (χ3n) is 3.73. The molecule has 3 rings (SSSR count). The van der Waals surface area contributed by atoms with Gasteiger partial charge in [-0.2, -0.15) is 5.26 Å². The lowest BCUT2D eigenvalue weighted by Crippen LogP contribution is -2.28. The molecule has 0 spiro atoms. The van der Waals surface area contributed by atoms with Gasteiger partial charge in [-0.3, -0.25) is 9.59 Å². The van der Waals surface area contributed by atoms with Gasteiger partial charge >= 0.3 is 0 Å². The molecule has 0 radical (unpaired) electrons. The van der Waals surface area contributed by atoms with Crippen molar-refractivity contribution in [3.63, 3.8) is 0 Å². The van der Waals surface area contributed by atoms with Crippen molar-refractivity contribution < 1.29 is 4.79 Å². The number of thiazole rings is 1. The van der Waals surface area contributed by atoms with Crippen LogP contribution in [0, 0.1) is 18.3 Å². The van der Waals surface area contributed by atoms with Gasteiger partial charge in [0.1, 0.15) is 16.6 Å². The van der Waals surface area contributed by atoms with E-state index in [1.807, 2.05) is 29.0 Å². The highest BCUT2D eigenvalue weighted by atomic mass is 32.1. The number of hydrogen-bond acceptors (Lipinski definition) is 6. The van der Waals surface area contributed by atoms with Crippen LogP contribution >= 0.6 is 22.7 Å². The van der Waals surface area contributed by atoms with Gasteiger partial charge in [0.05, 0.1) is 22.7 Å². The maximum Gasteiger partial charge on any atom is 0.266 e. The number of nitriles is 1. The molecule has 0 saturated heterocycles. The van der Waals surface area contributed by atoms with Crippen LogP contribution in [0.4, 0.5) is 0 Å². The Morgan fingerprint density at radius 1 is 1.44 bits per heavy atom. The van der Waals surface area contributed by atoms with Crippen LogP contribution in [-0.4, -0.2) is 27.8 Å². The Morgan fingerprint density at radius 3 is 2.92 bits per heavy atom. The minimum Gasteiger partial charge on any atom is -0.336 e. The molecule has 25 heavy (non-hydrogen) atoms. The average Bonchev–Trinajstić information content (AvgIpc) is 3.26. The zero-order valence-corrected chi connectivity index (χ0v) is 15.2. The fraction of sp³-hybridized carbons (Fsp3) is 0.176. The van der Waals surface area contributed by atoms with Crippen LogP contribution in [-0.2, 0) is 6.54 Å². The fourth-order valence-corrected chi connectivity index (χ4v) is 4.02. The van der Waals surface area contributed by atoms with E-state index >= 15 is 0 Å². The standard InChI is InChI=1S/C17H14N4O2S2/c1-10-12(6-18)15(22)19-7-13(10)17(23)21(2)8-11-9-25-16(20-11)14-4-3-5-24-14/h3-5,7,9H,8H2,1-2H3,(H,19,22). The Kier molecular flexibility index (Phi) is 4.79. The quantitative estimate of drug-likeness (QED) is 0.764. The third kappa shape index (κ3) is 3.38. The maximum atomic E-state index is 12.7. The topological polar surface area (TPSA) is 89.8 Å². The van der Waals surface area contributed by atoms with Crippen LogP contribution in [0.5, 0.6) is 0 Å².